The third-order valence-electron chi connectivity index (χ3n) is 3.89. The summed E-state index contributed by atoms with van der Waals surface area (Å²) in [6, 6.07) is 19.5. The Balaban J connectivity index is 2.44. The number of carbonyl (C=O) groups excluding carboxylic acids is 1. The van der Waals surface area contributed by atoms with E-state index in [0.29, 0.717) is 6.42 Å². The summed E-state index contributed by atoms with van der Waals surface area (Å²) in [6.07, 6.45) is 2.64. The molecule has 0 bridgehead atoms. The molecule has 0 heterocycles. The van der Waals surface area contributed by atoms with E-state index in [2.05, 4.69) is 6.92 Å². The quantitative estimate of drug-likeness (QED) is 0.493. The highest BCUT2D eigenvalue weighted by Crippen LogP contribution is 2.18. The monoisotopic (exact) mass is 351 g/mol. The molecule has 2 rings (SSSR count). The van der Waals surface area contributed by atoms with Gasteiger partial charge in [0.15, 0.2) is 0 Å². The normalized spacial score (nSPS) is 12.3. The Labute approximate surface area is 157 Å². The second-order valence-corrected chi connectivity index (χ2v) is 7.40. The summed E-state index contributed by atoms with van der Waals surface area (Å²) < 4.78 is 5.62. The van der Waals surface area contributed by atoms with Crippen LogP contribution in [0.25, 0.3) is 0 Å². The molecule has 0 aliphatic carbocycles. The van der Waals surface area contributed by atoms with E-state index < -0.39 is 11.6 Å². The van der Waals surface area contributed by atoms with Crippen molar-refractivity contribution in [3.63, 3.8) is 0 Å². The lowest BCUT2D eigenvalue weighted by molar-refractivity contribution is -0.156. The lowest BCUT2D eigenvalue weighted by Gasteiger charge is -2.23. The summed E-state index contributed by atoms with van der Waals surface area (Å²) in [5.74, 6) is -0.254. The predicted molar refractivity (Wildman–Crippen MR) is 108 cm³/mol. The summed E-state index contributed by atoms with van der Waals surface area (Å²) in [5, 5.41) is 0. The van der Waals surface area contributed by atoms with Crippen LogP contribution in [-0.2, 0) is 9.53 Å². The molecule has 3 heteroatoms. The molecule has 1 atom stereocenters. The average molecular weight is 351 g/mol. The van der Waals surface area contributed by atoms with Gasteiger partial charge in [0, 0.05) is 11.1 Å². The number of aliphatic imine (C=N–C) groups is 1. The Morgan fingerprint density at radius 2 is 1.46 bits per heavy atom. The molecule has 138 valence electrons. The number of nitrogens with zero attached hydrogens (tertiary/aromatic N) is 1. The van der Waals surface area contributed by atoms with Crippen molar-refractivity contribution in [2.45, 2.75) is 58.6 Å². The van der Waals surface area contributed by atoms with E-state index in [1.54, 1.807) is 0 Å². The SMILES string of the molecule is CCCC[C@H](N=C(c1ccccc1)c1ccccc1)C(=O)OC(C)(C)C. The van der Waals surface area contributed by atoms with Gasteiger partial charge in [-0.05, 0) is 27.2 Å². The molecule has 0 aromatic heterocycles. The van der Waals surface area contributed by atoms with E-state index in [-0.39, 0.29) is 5.97 Å². The van der Waals surface area contributed by atoms with Gasteiger partial charge in [0.1, 0.15) is 11.6 Å². The van der Waals surface area contributed by atoms with Gasteiger partial charge in [-0.15, -0.1) is 0 Å². The van der Waals surface area contributed by atoms with Gasteiger partial charge in [-0.3, -0.25) is 4.99 Å². The lowest BCUT2D eigenvalue weighted by atomic mass is 10.0. The molecule has 0 aliphatic rings. The highest BCUT2D eigenvalue weighted by molar-refractivity contribution is 6.13. The largest absolute Gasteiger partial charge is 0.458 e. The predicted octanol–water partition coefficient (Wildman–Crippen LogP) is 5.42. The average Bonchev–Trinajstić information content (AvgIpc) is 2.62. The van der Waals surface area contributed by atoms with Crippen LogP contribution in [0.5, 0.6) is 0 Å². The van der Waals surface area contributed by atoms with Crippen LogP contribution in [0.15, 0.2) is 65.7 Å². The fourth-order valence-electron chi connectivity index (χ4n) is 2.67. The van der Waals surface area contributed by atoms with Crippen molar-refractivity contribution in [1.29, 1.82) is 0 Å². The maximum atomic E-state index is 12.7. The highest BCUT2D eigenvalue weighted by atomic mass is 16.6. The van der Waals surface area contributed by atoms with E-state index in [1.807, 2.05) is 81.4 Å². The summed E-state index contributed by atoms with van der Waals surface area (Å²) in [4.78, 5) is 17.6. The Kier molecular flexibility index (Phi) is 7.14. The summed E-state index contributed by atoms with van der Waals surface area (Å²) in [6.45, 7) is 7.79. The van der Waals surface area contributed by atoms with Gasteiger partial charge in [0.05, 0.1) is 5.71 Å². The Hall–Kier alpha value is -2.42. The first-order valence-electron chi connectivity index (χ1n) is 9.32. The van der Waals surface area contributed by atoms with Gasteiger partial charge in [-0.2, -0.15) is 0 Å². The first-order valence-corrected chi connectivity index (χ1v) is 9.32. The fraction of sp³-hybridized carbons (Fsp3) is 0.391. The van der Waals surface area contributed by atoms with Crippen LogP contribution in [0, 0.1) is 0 Å². The molecule has 0 saturated heterocycles. The summed E-state index contributed by atoms with van der Waals surface area (Å²) >= 11 is 0. The zero-order valence-corrected chi connectivity index (χ0v) is 16.2. The first-order chi connectivity index (χ1) is 12.4. The molecule has 3 nitrogen and oxygen atoms in total. The van der Waals surface area contributed by atoms with Gasteiger partial charge in [0.25, 0.3) is 0 Å². The van der Waals surface area contributed by atoms with Crippen LogP contribution in [0.3, 0.4) is 0 Å². The summed E-state index contributed by atoms with van der Waals surface area (Å²) in [7, 11) is 0. The minimum atomic E-state index is -0.517. The van der Waals surface area contributed by atoms with E-state index in [4.69, 9.17) is 9.73 Å². The van der Waals surface area contributed by atoms with Crippen molar-refractivity contribution in [1.82, 2.24) is 0 Å². The van der Waals surface area contributed by atoms with Crippen LogP contribution in [-0.4, -0.2) is 23.3 Å². The molecule has 0 N–H and O–H groups in total. The molecule has 2 aromatic carbocycles. The van der Waals surface area contributed by atoms with Crippen LogP contribution < -0.4 is 0 Å². The zero-order valence-electron chi connectivity index (χ0n) is 16.2. The van der Waals surface area contributed by atoms with Crippen LogP contribution in [0.1, 0.15) is 58.1 Å². The number of hydrogen-bond acceptors (Lipinski definition) is 3. The van der Waals surface area contributed by atoms with Crippen molar-refractivity contribution < 1.29 is 9.53 Å². The van der Waals surface area contributed by atoms with E-state index in [1.165, 1.54) is 0 Å². The van der Waals surface area contributed by atoms with E-state index in [9.17, 15) is 4.79 Å². The van der Waals surface area contributed by atoms with Gasteiger partial charge in [-0.1, -0.05) is 80.4 Å². The highest BCUT2D eigenvalue weighted by Gasteiger charge is 2.25. The second-order valence-electron chi connectivity index (χ2n) is 7.40. The van der Waals surface area contributed by atoms with Crippen molar-refractivity contribution in [2.75, 3.05) is 0 Å². The molecule has 26 heavy (non-hydrogen) atoms. The van der Waals surface area contributed by atoms with Gasteiger partial charge >= 0.3 is 5.97 Å². The number of hydrogen-bond donors (Lipinski definition) is 0. The molecule has 0 radical (unpaired) electrons. The molecule has 2 aromatic rings. The number of benzene rings is 2. The van der Waals surface area contributed by atoms with Crippen molar-refractivity contribution in [3.05, 3.63) is 71.8 Å². The van der Waals surface area contributed by atoms with Crippen LogP contribution in [0.2, 0.25) is 0 Å². The fourth-order valence-corrected chi connectivity index (χ4v) is 2.67. The molecule has 0 spiro atoms. The molecule has 0 amide bonds. The lowest BCUT2D eigenvalue weighted by Crippen LogP contribution is -2.31. The minimum absolute atomic E-state index is 0.254. The minimum Gasteiger partial charge on any atom is -0.458 e. The number of rotatable bonds is 7. The molecule has 0 unspecified atom stereocenters. The van der Waals surface area contributed by atoms with Gasteiger partial charge in [-0.25, -0.2) is 4.79 Å². The third kappa shape index (κ3) is 6.14. The standard InChI is InChI=1S/C23H29NO2/c1-5-6-17-20(22(25)26-23(2,3)4)24-21(18-13-9-7-10-14-18)19-15-11-8-12-16-19/h7-16,20H,5-6,17H2,1-4H3/t20-/m0/s1. The molecule has 0 fully saturated rings. The number of esters is 1. The first kappa shape index (κ1) is 19.9. The molecular formula is C23H29NO2. The third-order valence-corrected chi connectivity index (χ3v) is 3.89. The Bertz CT molecular complexity index is 673. The van der Waals surface area contributed by atoms with Crippen molar-refractivity contribution in [2.24, 2.45) is 4.99 Å². The zero-order chi connectivity index (χ0) is 19.0. The van der Waals surface area contributed by atoms with Crippen molar-refractivity contribution in [3.8, 4) is 0 Å². The van der Waals surface area contributed by atoms with Crippen molar-refractivity contribution >= 4 is 11.7 Å². The van der Waals surface area contributed by atoms with Gasteiger partial charge < -0.3 is 4.74 Å². The Morgan fingerprint density at radius 1 is 0.962 bits per heavy atom. The smallest absolute Gasteiger partial charge is 0.331 e. The topological polar surface area (TPSA) is 38.7 Å². The molecule has 0 saturated carbocycles. The molecular weight excluding hydrogens is 322 g/mol. The van der Waals surface area contributed by atoms with Crippen LogP contribution in [0.4, 0.5) is 0 Å². The maximum absolute atomic E-state index is 12.7. The molecule has 0 aliphatic heterocycles. The number of ether oxygens (including phenoxy) is 1. The number of unbranched alkanes of at least 4 members (excludes halogenated alkanes) is 1. The van der Waals surface area contributed by atoms with E-state index in [0.717, 1.165) is 29.7 Å². The second kappa shape index (κ2) is 9.33. The van der Waals surface area contributed by atoms with Gasteiger partial charge in [0.2, 0.25) is 0 Å². The van der Waals surface area contributed by atoms with Crippen LogP contribution >= 0.6 is 0 Å². The Morgan fingerprint density at radius 3 is 1.88 bits per heavy atom. The number of carbonyl (C=O) groups is 1. The summed E-state index contributed by atoms with van der Waals surface area (Å²) in [5.41, 5.74) is 2.32. The van der Waals surface area contributed by atoms with E-state index >= 15 is 0 Å². The maximum Gasteiger partial charge on any atom is 0.331 e.